The van der Waals surface area contributed by atoms with Gasteiger partial charge in [0.25, 0.3) is 0 Å². The highest BCUT2D eigenvalue weighted by atomic mass is 32.2. The number of carbonyl (C=O) groups excluding carboxylic acids is 1. The second-order valence-electron chi connectivity index (χ2n) is 7.45. The van der Waals surface area contributed by atoms with E-state index in [0.717, 1.165) is 42.2 Å². The standard InChI is InChI=1S/C23H30N2O2S/c1-17-4-7-22(19(3)14-17)27-11-8-23(26)24-21-15-20(6-5-18(21)2)16-25-9-12-28-13-10-25/h4-7,14-15H,8-13,16H2,1-3H3,(H,24,26). The van der Waals surface area contributed by atoms with Gasteiger partial charge in [-0.05, 0) is 49.6 Å². The molecule has 2 aromatic rings. The molecule has 3 rings (SSSR count). The average Bonchev–Trinajstić information content (AvgIpc) is 2.67. The van der Waals surface area contributed by atoms with Gasteiger partial charge in [0.1, 0.15) is 5.75 Å². The van der Waals surface area contributed by atoms with Crippen LogP contribution in [-0.4, -0.2) is 42.0 Å². The van der Waals surface area contributed by atoms with E-state index < -0.39 is 0 Å². The lowest BCUT2D eigenvalue weighted by Gasteiger charge is -2.26. The topological polar surface area (TPSA) is 41.6 Å². The van der Waals surface area contributed by atoms with Gasteiger partial charge < -0.3 is 10.1 Å². The van der Waals surface area contributed by atoms with Crippen LogP contribution in [0.1, 0.15) is 28.7 Å². The van der Waals surface area contributed by atoms with Gasteiger partial charge in [-0.25, -0.2) is 0 Å². The number of benzene rings is 2. The summed E-state index contributed by atoms with van der Waals surface area (Å²) >= 11 is 2.02. The minimum Gasteiger partial charge on any atom is -0.493 e. The van der Waals surface area contributed by atoms with Crippen molar-refractivity contribution in [2.45, 2.75) is 33.7 Å². The SMILES string of the molecule is Cc1ccc(OCCC(=O)Nc2cc(CN3CCSCC3)ccc2C)c(C)c1. The minimum atomic E-state index is -0.0145. The molecule has 0 bridgehead atoms. The zero-order chi connectivity index (χ0) is 19.9. The number of thioether (sulfide) groups is 1. The molecule has 0 unspecified atom stereocenters. The first-order valence-electron chi connectivity index (χ1n) is 9.91. The third-order valence-corrected chi connectivity index (χ3v) is 5.95. The zero-order valence-corrected chi connectivity index (χ0v) is 17.9. The molecule has 28 heavy (non-hydrogen) atoms. The number of hydrogen-bond donors (Lipinski definition) is 1. The van der Waals surface area contributed by atoms with Gasteiger partial charge in [0.05, 0.1) is 13.0 Å². The van der Waals surface area contributed by atoms with Crippen LogP contribution in [0.15, 0.2) is 36.4 Å². The molecule has 4 nitrogen and oxygen atoms in total. The van der Waals surface area contributed by atoms with Crippen LogP contribution in [0, 0.1) is 20.8 Å². The molecule has 150 valence electrons. The summed E-state index contributed by atoms with van der Waals surface area (Å²) in [4.78, 5) is 14.9. The lowest BCUT2D eigenvalue weighted by Crippen LogP contribution is -2.32. The van der Waals surface area contributed by atoms with Crippen LogP contribution in [0.2, 0.25) is 0 Å². The van der Waals surface area contributed by atoms with Gasteiger partial charge in [-0.15, -0.1) is 0 Å². The largest absolute Gasteiger partial charge is 0.493 e. The number of amides is 1. The zero-order valence-electron chi connectivity index (χ0n) is 17.1. The first-order valence-corrected chi connectivity index (χ1v) is 11.1. The second kappa shape index (κ2) is 9.99. The van der Waals surface area contributed by atoms with Crippen molar-refractivity contribution in [2.24, 2.45) is 0 Å². The first kappa shape index (κ1) is 20.7. The Morgan fingerprint density at radius 2 is 1.86 bits per heavy atom. The summed E-state index contributed by atoms with van der Waals surface area (Å²) in [6.07, 6.45) is 0.334. The van der Waals surface area contributed by atoms with Crippen molar-refractivity contribution in [2.75, 3.05) is 36.5 Å². The van der Waals surface area contributed by atoms with Crippen molar-refractivity contribution < 1.29 is 9.53 Å². The molecule has 1 amide bonds. The highest BCUT2D eigenvalue weighted by Crippen LogP contribution is 2.21. The van der Waals surface area contributed by atoms with Crippen molar-refractivity contribution in [3.8, 4) is 5.75 Å². The van der Waals surface area contributed by atoms with Gasteiger partial charge in [0.2, 0.25) is 5.91 Å². The van der Waals surface area contributed by atoms with E-state index in [1.54, 1.807) is 0 Å². The molecule has 1 aliphatic heterocycles. The molecule has 0 radical (unpaired) electrons. The van der Waals surface area contributed by atoms with E-state index in [9.17, 15) is 4.79 Å². The maximum absolute atomic E-state index is 12.4. The van der Waals surface area contributed by atoms with E-state index in [1.807, 2.05) is 37.7 Å². The van der Waals surface area contributed by atoms with Crippen LogP contribution in [0.25, 0.3) is 0 Å². The number of nitrogens with zero attached hydrogens (tertiary/aromatic N) is 1. The van der Waals surface area contributed by atoms with Gasteiger partial charge >= 0.3 is 0 Å². The highest BCUT2D eigenvalue weighted by molar-refractivity contribution is 7.99. The fourth-order valence-electron chi connectivity index (χ4n) is 3.35. The molecule has 1 heterocycles. The normalized spacial score (nSPS) is 14.7. The molecule has 2 aromatic carbocycles. The molecule has 0 aromatic heterocycles. The summed E-state index contributed by atoms with van der Waals surface area (Å²) < 4.78 is 5.79. The van der Waals surface area contributed by atoms with E-state index in [2.05, 4.69) is 41.4 Å². The predicted molar refractivity (Wildman–Crippen MR) is 118 cm³/mol. The summed E-state index contributed by atoms with van der Waals surface area (Å²) in [5, 5.41) is 3.06. The van der Waals surface area contributed by atoms with Gasteiger partial charge in [-0.3, -0.25) is 9.69 Å². The molecule has 0 aliphatic carbocycles. The monoisotopic (exact) mass is 398 g/mol. The van der Waals surface area contributed by atoms with E-state index in [4.69, 9.17) is 4.74 Å². The van der Waals surface area contributed by atoms with E-state index in [1.165, 1.54) is 22.6 Å². The van der Waals surface area contributed by atoms with E-state index in [-0.39, 0.29) is 5.91 Å². The predicted octanol–water partition coefficient (Wildman–Crippen LogP) is 4.57. The van der Waals surface area contributed by atoms with E-state index in [0.29, 0.717) is 13.0 Å². The van der Waals surface area contributed by atoms with Crippen LogP contribution >= 0.6 is 11.8 Å². The second-order valence-corrected chi connectivity index (χ2v) is 8.68. The molecule has 1 saturated heterocycles. The smallest absolute Gasteiger partial charge is 0.227 e. The lowest BCUT2D eigenvalue weighted by molar-refractivity contribution is -0.116. The molecule has 1 N–H and O–H groups in total. The Bertz CT molecular complexity index is 816. The Labute approximate surface area is 172 Å². The molecule has 1 aliphatic rings. The number of carbonyl (C=O) groups is 1. The third-order valence-electron chi connectivity index (χ3n) is 5.00. The maximum Gasteiger partial charge on any atom is 0.227 e. The summed E-state index contributed by atoms with van der Waals surface area (Å²) in [5.74, 6) is 3.24. The summed E-state index contributed by atoms with van der Waals surface area (Å²) in [5.41, 5.74) is 5.54. The lowest BCUT2D eigenvalue weighted by atomic mass is 10.1. The summed E-state index contributed by atoms with van der Waals surface area (Å²) in [7, 11) is 0. The maximum atomic E-state index is 12.4. The Hall–Kier alpha value is -1.98. The Morgan fingerprint density at radius 1 is 1.07 bits per heavy atom. The van der Waals surface area contributed by atoms with Crippen molar-refractivity contribution in [3.63, 3.8) is 0 Å². The highest BCUT2D eigenvalue weighted by Gasteiger charge is 2.12. The number of nitrogens with one attached hydrogen (secondary N) is 1. The summed E-state index contributed by atoms with van der Waals surface area (Å²) in [6.45, 7) is 9.71. The Balaban J connectivity index is 1.52. The Morgan fingerprint density at radius 3 is 2.61 bits per heavy atom. The van der Waals surface area contributed by atoms with Crippen LogP contribution in [-0.2, 0) is 11.3 Å². The van der Waals surface area contributed by atoms with Crippen LogP contribution < -0.4 is 10.1 Å². The van der Waals surface area contributed by atoms with Crippen LogP contribution in [0.3, 0.4) is 0 Å². The molecular weight excluding hydrogens is 368 g/mol. The minimum absolute atomic E-state index is 0.0145. The third kappa shape index (κ3) is 6.01. The number of rotatable bonds is 7. The first-order chi connectivity index (χ1) is 13.5. The van der Waals surface area contributed by atoms with Gasteiger partial charge in [-0.2, -0.15) is 11.8 Å². The fourth-order valence-corrected chi connectivity index (χ4v) is 4.33. The molecule has 1 fully saturated rings. The molecule has 0 saturated carbocycles. The quantitative estimate of drug-likeness (QED) is 0.742. The van der Waals surface area contributed by atoms with Crippen LogP contribution in [0.4, 0.5) is 5.69 Å². The van der Waals surface area contributed by atoms with Crippen LogP contribution in [0.5, 0.6) is 5.75 Å². The molecule has 0 spiro atoms. The number of ether oxygens (including phenoxy) is 1. The average molecular weight is 399 g/mol. The fraction of sp³-hybridized carbons (Fsp3) is 0.435. The van der Waals surface area contributed by atoms with Crippen molar-refractivity contribution in [1.82, 2.24) is 4.90 Å². The van der Waals surface area contributed by atoms with Gasteiger partial charge in [0, 0.05) is 36.8 Å². The van der Waals surface area contributed by atoms with E-state index >= 15 is 0 Å². The van der Waals surface area contributed by atoms with Gasteiger partial charge in [-0.1, -0.05) is 29.8 Å². The molecular formula is C23H30N2O2S. The molecule has 5 heteroatoms. The van der Waals surface area contributed by atoms with Crippen molar-refractivity contribution in [1.29, 1.82) is 0 Å². The van der Waals surface area contributed by atoms with Crippen molar-refractivity contribution >= 4 is 23.4 Å². The van der Waals surface area contributed by atoms with Crippen molar-refractivity contribution in [3.05, 3.63) is 58.7 Å². The molecule has 0 atom stereocenters. The summed E-state index contributed by atoms with van der Waals surface area (Å²) in [6, 6.07) is 12.4. The Kier molecular flexibility index (Phi) is 7.40. The number of aryl methyl sites for hydroxylation is 3. The number of anilines is 1. The van der Waals surface area contributed by atoms with Gasteiger partial charge in [0.15, 0.2) is 0 Å². The number of hydrogen-bond acceptors (Lipinski definition) is 4.